The molecule has 0 spiro atoms. The molecule has 0 saturated heterocycles. The first-order valence-corrected chi connectivity index (χ1v) is 4.67. The Morgan fingerprint density at radius 1 is 1.44 bits per heavy atom. The molecule has 0 aliphatic heterocycles. The van der Waals surface area contributed by atoms with Gasteiger partial charge in [-0.2, -0.15) is 8.78 Å². The number of hydrogen-bond donors (Lipinski definition) is 2. The van der Waals surface area contributed by atoms with Crippen molar-refractivity contribution in [3.05, 3.63) is 29.8 Å². The molecule has 90 valence electrons. The number of nitrogens with one attached hydrogen (secondary N) is 1. The second kappa shape index (κ2) is 6.37. The minimum Gasteiger partial charge on any atom is -0.435 e. The minimum absolute atomic E-state index is 0.101. The zero-order valence-electron chi connectivity index (χ0n) is 8.82. The largest absolute Gasteiger partial charge is 0.435 e. The second-order valence-electron chi connectivity index (χ2n) is 3.13. The van der Waals surface area contributed by atoms with E-state index in [1.807, 2.05) is 0 Å². The number of nitrogens with two attached hydrogens (primary N) is 1. The Hall–Kier alpha value is -1.24. The van der Waals surface area contributed by atoms with Crippen LogP contribution in [0.15, 0.2) is 24.3 Å². The maximum absolute atomic E-state index is 12.0. The first kappa shape index (κ1) is 12.8. The maximum Gasteiger partial charge on any atom is 0.387 e. The highest BCUT2D eigenvalue weighted by Crippen LogP contribution is 2.20. The summed E-state index contributed by atoms with van der Waals surface area (Å²) < 4.78 is 33.2. The molecule has 6 heteroatoms. The van der Waals surface area contributed by atoms with E-state index in [1.165, 1.54) is 19.2 Å². The van der Waals surface area contributed by atoms with Crippen LogP contribution >= 0.6 is 0 Å². The van der Waals surface area contributed by atoms with Crippen molar-refractivity contribution in [2.75, 3.05) is 13.7 Å². The van der Waals surface area contributed by atoms with E-state index in [-0.39, 0.29) is 11.8 Å². The summed E-state index contributed by atoms with van der Waals surface area (Å²) in [7, 11) is 1.53. The first-order chi connectivity index (χ1) is 7.67. The highest BCUT2D eigenvalue weighted by Gasteiger charge is 2.11. The summed E-state index contributed by atoms with van der Waals surface area (Å²) in [4.78, 5) is 0. The lowest BCUT2D eigenvalue weighted by atomic mass is 10.1. The number of halogens is 2. The van der Waals surface area contributed by atoms with Gasteiger partial charge in [0.05, 0.1) is 12.6 Å². The summed E-state index contributed by atoms with van der Waals surface area (Å²) in [6, 6.07) is 6.06. The summed E-state index contributed by atoms with van der Waals surface area (Å²) in [6.07, 6.45) is 0. The average Bonchev–Trinajstić information content (AvgIpc) is 2.25. The van der Waals surface area contributed by atoms with Crippen LogP contribution in [0.25, 0.3) is 0 Å². The zero-order chi connectivity index (χ0) is 12.0. The second-order valence-corrected chi connectivity index (χ2v) is 3.13. The molecule has 0 fully saturated rings. The Labute approximate surface area is 92.3 Å². The maximum atomic E-state index is 12.0. The van der Waals surface area contributed by atoms with Crippen LogP contribution in [-0.2, 0) is 4.74 Å². The van der Waals surface area contributed by atoms with Gasteiger partial charge in [0.2, 0.25) is 0 Å². The monoisotopic (exact) mass is 232 g/mol. The van der Waals surface area contributed by atoms with Crippen molar-refractivity contribution in [3.63, 3.8) is 0 Å². The minimum atomic E-state index is -2.83. The summed E-state index contributed by atoms with van der Waals surface area (Å²) in [5.41, 5.74) is 3.26. The number of alkyl halides is 2. The SMILES string of the molecule is COCC(NN)c1cccc(OC(F)F)c1. The molecule has 0 bridgehead atoms. The summed E-state index contributed by atoms with van der Waals surface area (Å²) in [6.45, 7) is -2.49. The van der Waals surface area contributed by atoms with E-state index in [4.69, 9.17) is 10.6 Å². The summed E-state index contributed by atoms with van der Waals surface area (Å²) in [5, 5.41) is 0. The third kappa shape index (κ3) is 3.73. The van der Waals surface area contributed by atoms with Crippen LogP contribution in [0.1, 0.15) is 11.6 Å². The number of benzene rings is 1. The fourth-order valence-corrected chi connectivity index (χ4v) is 1.31. The van der Waals surface area contributed by atoms with E-state index >= 15 is 0 Å². The summed E-state index contributed by atoms with van der Waals surface area (Å²) >= 11 is 0. The Bertz CT molecular complexity index is 323. The molecule has 0 heterocycles. The quantitative estimate of drug-likeness (QED) is 0.575. The van der Waals surface area contributed by atoms with Gasteiger partial charge in [0.15, 0.2) is 0 Å². The third-order valence-electron chi connectivity index (χ3n) is 2.02. The Balaban J connectivity index is 2.79. The normalized spacial score (nSPS) is 12.8. The lowest BCUT2D eigenvalue weighted by molar-refractivity contribution is -0.0499. The molecular weight excluding hydrogens is 218 g/mol. The molecule has 0 saturated carbocycles. The van der Waals surface area contributed by atoms with Crippen molar-refractivity contribution in [3.8, 4) is 5.75 Å². The van der Waals surface area contributed by atoms with Crippen LogP contribution in [0.5, 0.6) is 5.75 Å². The first-order valence-electron chi connectivity index (χ1n) is 4.67. The molecule has 0 amide bonds. The molecule has 3 N–H and O–H groups in total. The fourth-order valence-electron chi connectivity index (χ4n) is 1.31. The molecule has 1 unspecified atom stereocenters. The molecular formula is C10H14F2N2O2. The van der Waals surface area contributed by atoms with Crippen molar-refractivity contribution in [1.82, 2.24) is 5.43 Å². The van der Waals surface area contributed by atoms with E-state index in [2.05, 4.69) is 10.2 Å². The van der Waals surface area contributed by atoms with Crippen LogP contribution in [-0.4, -0.2) is 20.3 Å². The molecule has 1 aromatic rings. The molecule has 0 aliphatic carbocycles. The standard InChI is InChI=1S/C10H14F2N2O2/c1-15-6-9(14-13)7-3-2-4-8(5-7)16-10(11)12/h2-5,9-10,14H,6,13H2,1H3. The van der Waals surface area contributed by atoms with Crippen molar-refractivity contribution in [2.45, 2.75) is 12.7 Å². The number of methoxy groups -OCH3 is 1. The molecule has 1 aromatic carbocycles. The van der Waals surface area contributed by atoms with E-state index in [9.17, 15) is 8.78 Å². The Kier molecular flexibility index (Phi) is 5.10. The lowest BCUT2D eigenvalue weighted by Crippen LogP contribution is -2.31. The van der Waals surface area contributed by atoms with Crippen LogP contribution in [0.3, 0.4) is 0 Å². The molecule has 1 atom stereocenters. The van der Waals surface area contributed by atoms with Gasteiger partial charge in [0.25, 0.3) is 0 Å². The smallest absolute Gasteiger partial charge is 0.387 e. The Morgan fingerprint density at radius 2 is 2.19 bits per heavy atom. The van der Waals surface area contributed by atoms with Gasteiger partial charge in [0, 0.05) is 7.11 Å². The van der Waals surface area contributed by atoms with Gasteiger partial charge in [-0.15, -0.1) is 0 Å². The number of hydrogen-bond acceptors (Lipinski definition) is 4. The molecule has 0 aliphatic rings. The van der Waals surface area contributed by atoms with Crippen LogP contribution in [0.2, 0.25) is 0 Å². The zero-order valence-corrected chi connectivity index (χ0v) is 8.82. The van der Waals surface area contributed by atoms with Gasteiger partial charge in [-0.3, -0.25) is 11.3 Å². The van der Waals surface area contributed by atoms with Gasteiger partial charge in [-0.25, -0.2) is 0 Å². The van der Waals surface area contributed by atoms with E-state index in [0.717, 1.165) is 5.56 Å². The lowest BCUT2D eigenvalue weighted by Gasteiger charge is -2.16. The topological polar surface area (TPSA) is 56.5 Å². The van der Waals surface area contributed by atoms with E-state index < -0.39 is 6.61 Å². The number of ether oxygens (including phenoxy) is 2. The van der Waals surface area contributed by atoms with Crippen molar-refractivity contribution in [1.29, 1.82) is 0 Å². The molecule has 0 radical (unpaired) electrons. The van der Waals surface area contributed by atoms with Gasteiger partial charge >= 0.3 is 6.61 Å². The van der Waals surface area contributed by atoms with Crippen molar-refractivity contribution >= 4 is 0 Å². The van der Waals surface area contributed by atoms with Crippen LogP contribution < -0.4 is 16.0 Å². The predicted molar refractivity (Wildman–Crippen MR) is 55.0 cm³/mol. The Morgan fingerprint density at radius 3 is 2.75 bits per heavy atom. The highest BCUT2D eigenvalue weighted by molar-refractivity contribution is 5.30. The predicted octanol–water partition coefficient (Wildman–Crippen LogP) is 1.44. The van der Waals surface area contributed by atoms with Crippen molar-refractivity contribution in [2.24, 2.45) is 5.84 Å². The van der Waals surface area contributed by atoms with Crippen molar-refractivity contribution < 1.29 is 18.3 Å². The van der Waals surface area contributed by atoms with Crippen LogP contribution in [0.4, 0.5) is 8.78 Å². The van der Waals surface area contributed by atoms with Gasteiger partial charge in [-0.1, -0.05) is 12.1 Å². The third-order valence-corrected chi connectivity index (χ3v) is 2.02. The molecule has 0 aromatic heterocycles. The van der Waals surface area contributed by atoms with E-state index in [1.54, 1.807) is 12.1 Å². The highest BCUT2D eigenvalue weighted by atomic mass is 19.3. The summed E-state index contributed by atoms with van der Waals surface area (Å²) in [5.74, 6) is 5.42. The molecule has 1 rings (SSSR count). The van der Waals surface area contributed by atoms with Gasteiger partial charge < -0.3 is 9.47 Å². The average molecular weight is 232 g/mol. The molecule has 16 heavy (non-hydrogen) atoms. The number of hydrazine groups is 1. The molecule has 4 nitrogen and oxygen atoms in total. The van der Waals surface area contributed by atoms with Gasteiger partial charge in [-0.05, 0) is 17.7 Å². The van der Waals surface area contributed by atoms with Gasteiger partial charge in [0.1, 0.15) is 5.75 Å². The number of rotatable bonds is 6. The van der Waals surface area contributed by atoms with E-state index in [0.29, 0.717) is 6.61 Å². The fraction of sp³-hybridized carbons (Fsp3) is 0.400. The van der Waals surface area contributed by atoms with Crippen LogP contribution in [0, 0.1) is 0 Å².